The summed E-state index contributed by atoms with van der Waals surface area (Å²) in [6.45, 7) is 28.6. The molecule has 0 saturated carbocycles. The van der Waals surface area contributed by atoms with Crippen molar-refractivity contribution in [2.24, 2.45) is 22.7 Å². The van der Waals surface area contributed by atoms with Gasteiger partial charge in [0.25, 0.3) is 0 Å². The summed E-state index contributed by atoms with van der Waals surface area (Å²) in [5.74, 6) is 1.12. The zero-order valence-electron chi connectivity index (χ0n) is 24.0. The smallest absolute Gasteiger partial charge is 0.0666 e. The van der Waals surface area contributed by atoms with Crippen LogP contribution in [0.4, 0.5) is 0 Å². The molecule has 2 atom stereocenters. The quantitative estimate of drug-likeness (QED) is 0.218. The Morgan fingerprint density at radius 1 is 0.452 bits per heavy atom. The van der Waals surface area contributed by atoms with E-state index in [2.05, 4.69) is 83.1 Å². The monoisotopic (exact) mass is 438 g/mol. The lowest BCUT2D eigenvalue weighted by molar-refractivity contribution is -0.203. The standard InChI is InChI=1S/C30H62O/c1-13-15-17-19-21-23-25(27(3,4)5)29(9,10)31-30(11,12)26(28(6,7)8)24-22-20-18-16-14-2/h25-26H,13-24H2,1-12H3. The van der Waals surface area contributed by atoms with Crippen LogP contribution in [0.15, 0.2) is 0 Å². The van der Waals surface area contributed by atoms with Crippen LogP contribution < -0.4 is 0 Å². The molecule has 0 bridgehead atoms. The van der Waals surface area contributed by atoms with Crippen molar-refractivity contribution in [2.75, 3.05) is 0 Å². The van der Waals surface area contributed by atoms with E-state index in [0.29, 0.717) is 11.8 Å². The first kappa shape index (κ1) is 31.0. The highest BCUT2D eigenvalue weighted by atomic mass is 16.5. The second-order valence-electron chi connectivity index (χ2n) is 13.6. The summed E-state index contributed by atoms with van der Waals surface area (Å²) in [5, 5.41) is 0. The fourth-order valence-corrected chi connectivity index (χ4v) is 6.37. The first-order valence-electron chi connectivity index (χ1n) is 13.8. The number of unbranched alkanes of at least 4 members (excludes halogenated alkanes) is 8. The predicted octanol–water partition coefficient (Wildman–Crippen LogP) is 10.6. The van der Waals surface area contributed by atoms with Crippen molar-refractivity contribution in [1.29, 1.82) is 0 Å². The molecule has 0 saturated heterocycles. The van der Waals surface area contributed by atoms with Crippen molar-refractivity contribution in [2.45, 2.75) is 171 Å². The minimum Gasteiger partial charge on any atom is -0.369 e. The van der Waals surface area contributed by atoms with E-state index >= 15 is 0 Å². The minimum atomic E-state index is -0.127. The molecule has 31 heavy (non-hydrogen) atoms. The maximum Gasteiger partial charge on any atom is 0.0666 e. The lowest BCUT2D eigenvalue weighted by Gasteiger charge is -2.51. The zero-order valence-corrected chi connectivity index (χ0v) is 24.0. The van der Waals surface area contributed by atoms with Crippen molar-refractivity contribution < 1.29 is 4.74 Å². The topological polar surface area (TPSA) is 9.23 Å². The van der Waals surface area contributed by atoms with Gasteiger partial charge in [0.1, 0.15) is 0 Å². The van der Waals surface area contributed by atoms with Crippen LogP contribution in [0.5, 0.6) is 0 Å². The van der Waals surface area contributed by atoms with Gasteiger partial charge in [-0.2, -0.15) is 0 Å². The SMILES string of the molecule is CCCCCCCC(C(C)(C)C)C(C)(C)OC(C)(C)C(CCCCCCC)C(C)(C)C. The van der Waals surface area contributed by atoms with E-state index in [1.165, 1.54) is 77.0 Å². The van der Waals surface area contributed by atoms with E-state index in [-0.39, 0.29) is 22.0 Å². The average molecular weight is 439 g/mol. The molecule has 0 N–H and O–H groups in total. The van der Waals surface area contributed by atoms with E-state index in [1.807, 2.05) is 0 Å². The maximum atomic E-state index is 7.16. The van der Waals surface area contributed by atoms with E-state index in [1.54, 1.807) is 0 Å². The van der Waals surface area contributed by atoms with Crippen LogP contribution in [0.1, 0.15) is 160 Å². The van der Waals surface area contributed by atoms with Crippen molar-refractivity contribution in [1.82, 2.24) is 0 Å². The Morgan fingerprint density at radius 2 is 0.742 bits per heavy atom. The first-order valence-corrected chi connectivity index (χ1v) is 13.8. The molecule has 0 aromatic rings. The number of hydrogen-bond donors (Lipinski definition) is 0. The van der Waals surface area contributed by atoms with Crippen LogP contribution in [-0.4, -0.2) is 11.2 Å². The van der Waals surface area contributed by atoms with E-state index in [9.17, 15) is 0 Å². The van der Waals surface area contributed by atoms with Gasteiger partial charge in [-0.15, -0.1) is 0 Å². The summed E-state index contributed by atoms with van der Waals surface area (Å²) in [5.41, 5.74) is 0.250. The maximum absolute atomic E-state index is 7.16. The molecule has 188 valence electrons. The second-order valence-corrected chi connectivity index (χ2v) is 13.6. The summed E-state index contributed by atoms with van der Waals surface area (Å²) in [7, 11) is 0. The molecule has 0 aliphatic rings. The summed E-state index contributed by atoms with van der Waals surface area (Å²) >= 11 is 0. The Bertz CT molecular complexity index is 404. The predicted molar refractivity (Wildman–Crippen MR) is 142 cm³/mol. The highest BCUT2D eigenvalue weighted by molar-refractivity contribution is 4.94. The van der Waals surface area contributed by atoms with Crippen LogP contribution >= 0.6 is 0 Å². The van der Waals surface area contributed by atoms with Gasteiger partial charge in [-0.25, -0.2) is 0 Å². The molecule has 0 aliphatic heterocycles. The van der Waals surface area contributed by atoms with Crippen molar-refractivity contribution in [3.05, 3.63) is 0 Å². The molecule has 1 heteroatoms. The van der Waals surface area contributed by atoms with Gasteiger partial charge in [-0.05, 0) is 63.2 Å². The third kappa shape index (κ3) is 12.1. The normalized spacial score (nSPS) is 15.9. The van der Waals surface area contributed by atoms with Gasteiger partial charge in [0, 0.05) is 0 Å². The van der Waals surface area contributed by atoms with Crippen LogP contribution in [0.2, 0.25) is 0 Å². The largest absolute Gasteiger partial charge is 0.369 e. The molecule has 0 radical (unpaired) electrons. The summed E-state index contributed by atoms with van der Waals surface area (Å²) < 4.78 is 7.16. The Labute approximate surface area is 198 Å². The molecule has 0 aromatic carbocycles. The third-order valence-electron chi connectivity index (χ3n) is 7.49. The number of ether oxygens (including phenoxy) is 1. The van der Waals surface area contributed by atoms with Crippen molar-refractivity contribution in [3.8, 4) is 0 Å². The highest BCUT2D eigenvalue weighted by Crippen LogP contribution is 2.47. The van der Waals surface area contributed by atoms with Gasteiger partial charge in [-0.3, -0.25) is 0 Å². The Balaban J connectivity index is 5.33. The first-order chi connectivity index (χ1) is 14.1. The molecule has 0 rings (SSSR count). The van der Waals surface area contributed by atoms with Crippen molar-refractivity contribution >= 4 is 0 Å². The lowest BCUT2D eigenvalue weighted by atomic mass is 9.67. The van der Waals surface area contributed by atoms with Gasteiger partial charge in [0.15, 0.2) is 0 Å². The fraction of sp³-hybridized carbons (Fsp3) is 1.00. The fourth-order valence-electron chi connectivity index (χ4n) is 6.37. The molecular weight excluding hydrogens is 376 g/mol. The second kappa shape index (κ2) is 13.6. The molecule has 0 aliphatic carbocycles. The van der Waals surface area contributed by atoms with E-state index in [4.69, 9.17) is 4.74 Å². The van der Waals surface area contributed by atoms with Crippen molar-refractivity contribution in [3.63, 3.8) is 0 Å². The molecule has 2 unspecified atom stereocenters. The van der Waals surface area contributed by atoms with Gasteiger partial charge in [-0.1, -0.05) is 120 Å². The van der Waals surface area contributed by atoms with Gasteiger partial charge < -0.3 is 4.74 Å². The Morgan fingerprint density at radius 3 is 1.00 bits per heavy atom. The average Bonchev–Trinajstić information content (AvgIpc) is 2.57. The van der Waals surface area contributed by atoms with Gasteiger partial charge >= 0.3 is 0 Å². The van der Waals surface area contributed by atoms with Gasteiger partial charge in [0.05, 0.1) is 11.2 Å². The summed E-state index contributed by atoms with van der Waals surface area (Å²) in [6, 6.07) is 0. The number of hydrogen-bond acceptors (Lipinski definition) is 1. The highest BCUT2D eigenvalue weighted by Gasteiger charge is 2.46. The minimum absolute atomic E-state index is 0.127. The van der Waals surface area contributed by atoms with Crippen LogP contribution in [0.3, 0.4) is 0 Å². The molecule has 0 heterocycles. The molecule has 0 fully saturated rings. The zero-order chi connectivity index (χ0) is 24.3. The summed E-state index contributed by atoms with van der Waals surface area (Å²) in [4.78, 5) is 0. The Hall–Kier alpha value is -0.0400. The molecule has 0 spiro atoms. The molecule has 0 amide bonds. The molecule has 1 nitrogen and oxygen atoms in total. The number of rotatable bonds is 16. The molecule has 0 aromatic heterocycles. The lowest BCUT2D eigenvalue weighted by Crippen LogP contribution is -2.52. The third-order valence-corrected chi connectivity index (χ3v) is 7.49. The molecular formula is C30H62O. The van der Waals surface area contributed by atoms with Crippen LogP contribution in [-0.2, 0) is 4.74 Å². The van der Waals surface area contributed by atoms with Crippen LogP contribution in [0.25, 0.3) is 0 Å². The van der Waals surface area contributed by atoms with Gasteiger partial charge in [0.2, 0.25) is 0 Å². The van der Waals surface area contributed by atoms with Crippen LogP contribution in [0, 0.1) is 22.7 Å². The van der Waals surface area contributed by atoms with E-state index < -0.39 is 0 Å². The van der Waals surface area contributed by atoms with E-state index in [0.717, 1.165) is 0 Å². The summed E-state index contributed by atoms with van der Waals surface area (Å²) in [6.07, 6.45) is 16.1. The Kier molecular flexibility index (Phi) is 13.6.